The number of β-lactam (4-membered cyclic amide) rings is 1. The average Bonchev–Trinajstić information content (AvgIpc) is 3.20. The van der Waals surface area contributed by atoms with E-state index >= 15 is 0 Å². The largest absolute Gasteiger partial charge is 0.543 e. The predicted octanol–water partition coefficient (Wildman–Crippen LogP) is -0.117. The first-order valence-corrected chi connectivity index (χ1v) is 10.6. The van der Waals surface area contributed by atoms with Crippen molar-refractivity contribution in [3.63, 3.8) is 0 Å². The lowest BCUT2D eigenvalue weighted by Gasteiger charge is -2.58. The highest BCUT2D eigenvalue weighted by Gasteiger charge is 2.64. The molecule has 4 heterocycles. The Labute approximate surface area is 170 Å². The molecule has 0 aliphatic carbocycles. The summed E-state index contributed by atoms with van der Waals surface area (Å²) in [6, 6.07) is 3.74. The van der Waals surface area contributed by atoms with Gasteiger partial charge >= 0.3 is 0 Å². The average molecular weight is 415 g/mol. The summed E-state index contributed by atoms with van der Waals surface area (Å²) >= 11 is 2.90. The maximum atomic E-state index is 13.1. The first-order chi connectivity index (χ1) is 13.5. The lowest BCUT2D eigenvalue weighted by Crippen LogP contribution is -2.82. The Kier molecular flexibility index (Phi) is 4.97. The minimum atomic E-state index is -1.38. The quantitative estimate of drug-likeness (QED) is 0.515. The Morgan fingerprint density at radius 1 is 1.43 bits per heavy atom. The van der Waals surface area contributed by atoms with Crippen molar-refractivity contribution in [2.45, 2.75) is 17.3 Å². The van der Waals surface area contributed by atoms with Crippen LogP contribution < -0.4 is 10.4 Å². The third-order valence-electron chi connectivity index (χ3n) is 4.80. The van der Waals surface area contributed by atoms with E-state index in [0.29, 0.717) is 12.3 Å². The molecule has 1 aromatic rings. The van der Waals surface area contributed by atoms with Crippen molar-refractivity contribution in [3.05, 3.63) is 58.6 Å². The first kappa shape index (κ1) is 18.7. The zero-order valence-corrected chi connectivity index (χ0v) is 16.4. The molecule has 1 N–H and O–H groups in total. The fourth-order valence-electron chi connectivity index (χ4n) is 3.58. The van der Waals surface area contributed by atoms with Crippen molar-refractivity contribution in [3.8, 4) is 0 Å². The Morgan fingerprint density at radius 2 is 2.29 bits per heavy atom. The van der Waals surface area contributed by atoms with E-state index in [2.05, 4.69) is 11.4 Å². The molecule has 0 aromatic carbocycles. The molecule has 144 valence electrons. The Balaban J connectivity index is 1.59. The van der Waals surface area contributed by atoms with Gasteiger partial charge in [-0.05, 0) is 17.5 Å². The van der Waals surface area contributed by atoms with Crippen LogP contribution in [0.2, 0.25) is 0 Å². The van der Waals surface area contributed by atoms with Crippen LogP contribution in [-0.2, 0) is 20.8 Å². The Hall–Kier alpha value is -2.61. The minimum absolute atomic E-state index is 0.127. The van der Waals surface area contributed by atoms with E-state index in [4.69, 9.17) is 0 Å². The number of allylic oxidation sites excluding steroid dienone is 2. The van der Waals surface area contributed by atoms with Gasteiger partial charge in [0.05, 0.1) is 30.7 Å². The molecule has 3 aliphatic heterocycles. The zero-order valence-electron chi connectivity index (χ0n) is 14.8. The van der Waals surface area contributed by atoms with E-state index in [0.717, 1.165) is 4.88 Å². The molecule has 0 bridgehead atoms. The number of carboxylic acid groups (broad SMARTS) is 1. The van der Waals surface area contributed by atoms with Gasteiger partial charge in [-0.1, -0.05) is 6.07 Å². The summed E-state index contributed by atoms with van der Waals surface area (Å²) in [7, 11) is 0. The van der Waals surface area contributed by atoms with Crippen molar-refractivity contribution in [2.75, 3.05) is 18.8 Å². The lowest BCUT2D eigenvalue weighted by atomic mass is 9.85. The van der Waals surface area contributed by atoms with Gasteiger partial charge in [-0.3, -0.25) is 14.5 Å². The summed E-state index contributed by atoms with van der Waals surface area (Å²) in [5.41, 5.74) is -1.32. The van der Waals surface area contributed by atoms with Gasteiger partial charge < -0.3 is 20.1 Å². The molecule has 2 atom stereocenters. The second-order valence-corrected chi connectivity index (χ2v) is 8.79. The lowest BCUT2D eigenvalue weighted by molar-refractivity contribution is -0.301. The predicted molar refractivity (Wildman–Crippen MR) is 104 cm³/mol. The third-order valence-corrected chi connectivity index (χ3v) is 6.96. The Bertz CT molecular complexity index is 893. The molecule has 0 saturated carbocycles. The highest BCUT2D eigenvalue weighted by Crippen LogP contribution is 2.44. The van der Waals surface area contributed by atoms with Crippen LogP contribution in [0.25, 0.3) is 0 Å². The molecule has 1 fully saturated rings. The van der Waals surface area contributed by atoms with Gasteiger partial charge in [0.15, 0.2) is 11.6 Å². The molecule has 1 saturated heterocycles. The van der Waals surface area contributed by atoms with Gasteiger partial charge in [-0.2, -0.15) is 0 Å². The summed E-state index contributed by atoms with van der Waals surface area (Å²) in [4.78, 5) is 41.3. The maximum Gasteiger partial charge on any atom is 0.258 e. The summed E-state index contributed by atoms with van der Waals surface area (Å²) in [5.74, 6) is -1.64. The first-order valence-electron chi connectivity index (χ1n) is 8.70. The summed E-state index contributed by atoms with van der Waals surface area (Å²) in [5, 5.41) is 15.7. The number of rotatable bonds is 6. The van der Waals surface area contributed by atoms with Gasteiger partial charge in [0.25, 0.3) is 5.91 Å². The van der Waals surface area contributed by atoms with Crippen LogP contribution in [0.3, 0.4) is 0 Å². The van der Waals surface area contributed by atoms with Crippen molar-refractivity contribution < 1.29 is 19.5 Å². The van der Waals surface area contributed by atoms with Crippen LogP contribution >= 0.6 is 23.1 Å². The summed E-state index contributed by atoms with van der Waals surface area (Å²) < 4.78 is 0. The molecule has 9 heteroatoms. The minimum Gasteiger partial charge on any atom is -0.543 e. The van der Waals surface area contributed by atoms with Crippen LogP contribution in [0.1, 0.15) is 4.88 Å². The maximum absolute atomic E-state index is 13.1. The molecular formula is C19H17N3O4S2. The number of carbonyl (C=O) groups excluding carboxylic acids is 3. The third kappa shape index (κ3) is 3.22. The number of carboxylic acids is 1. The number of hydrogen-bond donors (Lipinski definition) is 1. The van der Waals surface area contributed by atoms with Gasteiger partial charge in [-0.15, -0.1) is 23.1 Å². The van der Waals surface area contributed by atoms with Crippen molar-refractivity contribution >= 4 is 40.9 Å². The fraction of sp³-hybridized carbons (Fsp3) is 0.316. The summed E-state index contributed by atoms with van der Waals surface area (Å²) in [6.07, 6.45) is 10.1. The second-order valence-electron chi connectivity index (χ2n) is 6.64. The monoisotopic (exact) mass is 415 g/mol. The number of nitrogens with zero attached hydrogens (tertiary/aromatic N) is 2. The van der Waals surface area contributed by atoms with E-state index < -0.39 is 22.8 Å². The van der Waals surface area contributed by atoms with Crippen LogP contribution in [-0.4, -0.2) is 57.3 Å². The number of thiophene rings is 1. The molecule has 4 rings (SSSR count). The van der Waals surface area contributed by atoms with E-state index in [9.17, 15) is 19.5 Å². The number of nitrogens with one attached hydrogen (secondary N) is 1. The smallest absolute Gasteiger partial charge is 0.258 e. The van der Waals surface area contributed by atoms with Gasteiger partial charge in [-0.25, -0.2) is 0 Å². The SMILES string of the molecule is O=C(Cc1cccs1)NC1(CN2C=[C+]C=CC2)C(=O)N2C(C(=O)[O-])=CCS[C@H]21. The molecule has 28 heavy (non-hydrogen) atoms. The van der Waals surface area contributed by atoms with E-state index in [-0.39, 0.29) is 24.6 Å². The second kappa shape index (κ2) is 7.43. The van der Waals surface area contributed by atoms with Crippen molar-refractivity contribution in [2.24, 2.45) is 0 Å². The number of fused-ring (bicyclic) bond motifs is 1. The van der Waals surface area contributed by atoms with E-state index in [1.165, 1.54) is 34.1 Å². The number of aliphatic carboxylic acids is 1. The Morgan fingerprint density at radius 3 is 2.96 bits per heavy atom. The molecular weight excluding hydrogens is 398 g/mol. The van der Waals surface area contributed by atoms with Crippen molar-refractivity contribution in [1.29, 1.82) is 0 Å². The van der Waals surface area contributed by atoms with Gasteiger partial charge in [0.1, 0.15) is 24.2 Å². The highest BCUT2D eigenvalue weighted by atomic mass is 32.2. The zero-order chi connectivity index (χ0) is 19.7. The number of hydrogen-bond acceptors (Lipinski definition) is 7. The van der Waals surface area contributed by atoms with Crippen molar-refractivity contribution in [1.82, 2.24) is 15.1 Å². The number of thioether (sulfide) groups is 1. The van der Waals surface area contributed by atoms with E-state index in [1.807, 2.05) is 28.5 Å². The molecule has 0 spiro atoms. The van der Waals surface area contributed by atoms with Crippen LogP contribution in [0.5, 0.6) is 0 Å². The molecule has 2 amide bonds. The molecule has 1 unspecified atom stereocenters. The topological polar surface area (TPSA) is 92.8 Å². The van der Waals surface area contributed by atoms with E-state index in [1.54, 1.807) is 12.3 Å². The van der Waals surface area contributed by atoms with Crippen LogP contribution in [0, 0.1) is 6.08 Å². The van der Waals surface area contributed by atoms with Gasteiger partial charge in [0.2, 0.25) is 5.91 Å². The standard InChI is InChI=1S/C19H17N3O4S2/c23-15(11-13-5-4-9-27-13)20-19(12-21-7-2-1-3-8-21)17(26)22-14(16(24)25)6-10-28-18(19)22/h1-2,4-6,8-9,18H,7,10-12H2,(H-,20,23,24,25)/t18-,19?/m0/s1. The number of carbonyl (C=O) groups is 3. The molecule has 1 aromatic heterocycles. The van der Waals surface area contributed by atoms with Crippen LogP contribution in [0.15, 0.2) is 47.6 Å². The fourth-order valence-corrected chi connectivity index (χ4v) is 5.60. The molecule has 3 aliphatic rings. The molecule has 0 radical (unpaired) electrons. The number of amides is 2. The normalized spacial score (nSPS) is 25.5. The molecule has 7 nitrogen and oxygen atoms in total. The van der Waals surface area contributed by atoms with Gasteiger partial charge in [0, 0.05) is 10.6 Å². The van der Waals surface area contributed by atoms with Crippen LogP contribution in [0.4, 0.5) is 0 Å². The summed E-state index contributed by atoms with van der Waals surface area (Å²) in [6.45, 7) is 0.831. The highest BCUT2D eigenvalue weighted by molar-refractivity contribution is 8.00.